The van der Waals surface area contributed by atoms with Crippen LogP contribution in [0.15, 0.2) is 33.7 Å². The maximum atomic E-state index is 11.6. The lowest BCUT2D eigenvalue weighted by Crippen LogP contribution is -2.20. The zero-order chi connectivity index (χ0) is 12.1. The minimum Gasteiger partial charge on any atom is -0.465 e. The topological polar surface area (TPSA) is 56.5 Å². The van der Waals surface area contributed by atoms with Gasteiger partial charge in [0.15, 0.2) is 0 Å². The molecule has 0 aliphatic rings. The van der Waals surface area contributed by atoms with Crippen molar-refractivity contribution in [3.05, 3.63) is 40.5 Å². The van der Waals surface area contributed by atoms with Crippen LogP contribution in [-0.2, 0) is 4.79 Å². The van der Waals surface area contributed by atoms with Crippen LogP contribution < -0.4 is 10.2 Å². The summed E-state index contributed by atoms with van der Waals surface area (Å²) >= 11 is 0. The van der Waals surface area contributed by atoms with Crippen molar-refractivity contribution < 1.29 is 13.9 Å². The van der Waals surface area contributed by atoms with Gasteiger partial charge in [-0.15, -0.1) is 0 Å². The van der Waals surface area contributed by atoms with Crippen molar-refractivity contribution in [2.45, 2.75) is 20.8 Å². The maximum absolute atomic E-state index is 11.6. The number of hydrogen-bond donors (Lipinski definition) is 0. The van der Waals surface area contributed by atoms with Crippen LogP contribution in [0.4, 0.5) is 0 Å². The maximum Gasteiger partial charge on any atom is 0.318 e. The van der Waals surface area contributed by atoms with E-state index in [0.717, 1.165) is 0 Å². The first-order chi connectivity index (χ1) is 7.56. The molecule has 4 heteroatoms. The number of hydrogen-bond acceptors (Lipinski definition) is 4. The summed E-state index contributed by atoms with van der Waals surface area (Å²) in [6.07, 6.45) is 4.72. The van der Waals surface area contributed by atoms with Gasteiger partial charge in [0.05, 0.1) is 12.2 Å². The molecule has 4 nitrogen and oxygen atoms in total. The second kappa shape index (κ2) is 5.30. The fraction of sp³-hybridized carbons (Fsp3) is 0.333. The molecule has 0 saturated carbocycles. The minimum absolute atomic E-state index is 0.0381. The Balaban J connectivity index is 2.89. The molecule has 0 N–H and O–H groups in total. The van der Waals surface area contributed by atoms with Crippen molar-refractivity contribution in [3.8, 4) is 5.75 Å². The standard InChI is InChI=1S/C12H14O4/c1-4-5-8(2)12(14)16-11-9(3)15-7-6-10(11)13/h4-8H,1-3H3. The molecule has 0 aromatic carbocycles. The first-order valence-electron chi connectivity index (χ1n) is 4.99. The smallest absolute Gasteiger partial charge is 0.318 e. The Kier molecular flexibility index (Phi) is 4.05. The van der Waals surface area contributed by atoms with Crippen molar-refractivity contribution in [1.29, 1.82) is 0 Å². The first kappa shape index (κ1) is 12.2. The van der Waals surface area contributed by atoms with Crippen molar-refractivity contribution in [1.82, 2.24) is 0 Å². The molecule has 0 radical (unpaired) electrons. The van der Waals surface area contributed by atoms with E-state index in [1.165, 1.54) is 12.3 Å². The highest BCUT2D eigenvalue weighted by atomic mass is 16.5. The van der Waals surface area contributed by atoms with Crippen LogP contribution in [0.2, 0.25) is 0 Å². The molecule has 1 heterocycles. The van der Waals surface area contributed by atoms with E-state index in [9.17, 15) is 9.59 Å². The molecular formula is C12H14O4. The molecule has 1 rings (SSSR count). The number of aryl methyl sites for hydroxylation is 1. The molecule has 0 bridgehead atoms. The van der Waals surface area contributed by atoms with Crippen LogP contribution in [0.1, 0.15) is 19.6 Å². The van der Waals surface area contributed by atoms with Gasteiger partial charge in [-0.2, -0.15) is 0 Å². The van der Waals surface area contributed by atoms with Gasteiger partial charge in [-0.3, -0.25) is 9.59 Å². The third-order valence-corrected chi connectivity index (χ3v) is 2.06. The molecule has 0 spiro atoms. The average molecular weight is 222 g/mol. The van der Waals surface area contributed by atoms with Crippen LogP contribution in [0.25, 0.3) is 0 Å². The molecule has 16 heavy (non-hydrogen) atoms. The van der Waals surface area contributed by atoms with E-state index in [-0.39, 0.29) is 17.1 Å². The summed E-state index contributed by atoms with van der Waals surface area (Å²) in [5.74, 6) is -0.596. The highest BCUT2D eigenvalue weighted by Gasteiger charge is 2.16. The van der Waals surface area contributed by atoms with Crippen molar-refractivity contribution in [2.24, 2.45) is 5.92 Å². The molecule has 86 valence electrons. The predicted octanol–water partition coefficient (Wildman–Crippen LogP) is 2.07. The Morgan fingerprint density at radius 3 is 2.81 bits per heavy atom. The number of allylic oxidation sites excluding steroid dienone is 1. The molecule has 0 aliphatic heterocycles. The van der Waals surface area contributed by atoms with Gasteiger partial charge in [0.1, 0.15) is 5.76 Å². The number of rotatable bonds is 3. The summed E-state index contributed by atoms with van der Waals surface area (Å²) < 4.78 is 9.98. The Hall–Kier alpha value is -1.84. The lowest BCUT2D eigenvalue weighted by molar-refractivity contribution is -0.137. The van der Waals surface area contributed by atoms with E-state index >= 15 is 0 Å². The van der Waals surface area contributed by atoms with Gasteiger partial charge in [-0.05, 0) is 20.8 Å². The highest BCUT2D eigenvalue weighted by Crippen LogP contribution is 2.13. The molecule has 0 saturated heterocycles. The van der Waals surface area contributed by atoms with E-state index < -0.39 is 5.97 Å². The molecule has 0 fully saturated rings. The molecule has 1 unspecified atom stereocenters. The summed E-state index contributed by atoms with van der Waals surface area (Å²) in [4.78, 5) is 23.0. The fourth-order valence-corrected chi connectivity index (χ4v) is 1.18. The Labute approximate surface area is 93.5 Å². The van der Waals surface area contributed by atoms with E-state index in [1.54, 1.807) is 26.0 Å². The summed E-state index contributed by atoms with van der Waals surface area (Å²) in [7, 11) is 0. The van der Waals surface area contributed by atoms with Gasteiger partial charge in [-0.25, -0.2) is 0 Å². The van der Waals surface area contributed by atoms with Crippen LogP contribution in [-0.4, -0.2) is 5.97 Å². The molecule has 1 aromatic rings. The van der Waals surface area contributed by atoms with Crippen LogP contribution in [0.3, 0.4) is 0 Å². The molecule has 1 aromatic heterocycles. The zero-order valence-electron chi connectivity index (χ0n) is 9.52. The lowest BCUT2D eigenvalue weighted by Gasteiger charge is -2.07. The number of carbonyl (C=O) groups excluding carboxylic acids is 1. The van der Waals surface area contributed by atoms with Gasteiger partial charge >= 0.3 is 5.97 Å². The molecule has 0 aliphatic carbocycles. The summed E-state index contributed by atoms with van der Waals surface area (Å²) in [6.45, 7) is 5.08. The predicted molar refractivity (Wildman–Crippen MR) is 59.3 cm³/mol. The third kappa shape index (κ3) is 2.82. The normalized spacial score (nSPS) is 12.7. The van der Waals surface area contributed by atoms with Crippen LogP contribution in [0, 0.1) is 12.8 Å². The summed E-state index contributed by atoms with van der Waals surface area (Å²) in [6, 6.07) is 1.22. The first-order valence-corrected chi connectivity index (χ1v) is 4.99. The van der Waals surface area contributed by atoms with Gasteiger partial charge in [0, 0.05) is 6.07 Å². The molecular weight excluding hydrogens is 208 g/mol. The van der Waals surface area contributed by atoms with Crippen LogP contribution in [0.5, 0.6) is 5.75 Å². The number of carbonyl (C=O) groups is 1. The van der Waals surface area contributed by atoms with Gasteiger partial charge in [0.2, 0.25) is 11.2 Å². The SMILES string of the molecule is CC=CC(C)C(=O)Oc1c(C)occc1=O. The van der Waals surface area contributed by atoms with Gasteiger partial charge in [0.25, 0.3) is 0 Å². The second-order valence-electron chi connectivity index (χ2n) is 3.41. The molecule has 1 atom stereocenters. The third-order valence-electron chi connectivity index (χ3n) is 2.06. The highest BCUT2D eigenvalue weighted by molar-refractivity contribution is 5.76. The van der Waals surface area contributed by atoms with E-state index in [1.807, 2.05) is 6.92 Å². The largest absolute Gasteiger partial charge is 0.465 e. The van der Waals surface area contributed by atoms with Gasteiger partial charge in [-0.1, -0.05) is 12.2 Å². The Morgan fingerprint density at radius 2 is 2.25 bits per heavy atom. The molecule has 0 amide bonds. The number of esters is 1. The Bertz CT molecular complexity index is 456. The monoisotopic (exact) mass is 222 g/mol. The van der Waals surface area contributed by atoms with Crippen molar-refractivity contribution in [2.75, 3.05) is 0 Å². The lowest BCUT2D eigenvalue weighted by atomic mass is 10.2. The Morgan fingerprint density at radius 1 is 1.56 bits per heavy atom. The van der Waals surface area contributed by atoms with E-state index in [2.05, 4.69) is 0 Å². The van der Waals surface area contributed by atoms with Gasteiger partial charge < -0.3 is 9.15 Å². The number of ether oxygens (including phenoxy) is 1. The van der Waals surface area contributed by atoms with Crippen molar-refractivity contribution >= 4 is 5.97 Å². The minimum atomic E-state index is -0.472. The average Bonchev–Trinajstić information content (AvgIpc) is 2.23. The van der Waals surface area contributed by atoms with Crippen LogP contribution >= 0.6 is 0 Å². The van der Waals surface area contributed by atoms with E-state index in [0.29, 0.717) is 5.76 Å². The van der Waals surface area contributed by atoms with E-state index in [4.69, 9.17) is 9.15 Å². The van der Waals surface area contributed by atoms with Crippen molar-refractivity contribution in [3.63, 3.8) is 0 Å². The second-order valence-corrected chi connectivity index (χ2v) is 3.41. The quantitative estimate of drug-likeness (QED) is 0.580. The fourth-order valence-electron chi connectivity index (χ4n) is 1.18. The zero-order valence-corrected chi connectivity index (χ0v) is 9.52. The summed E-state index contributed by atoms with van der Waals surface area (Å²) in [5, 5.41) is 0. The summed E-state index contributed by atoms with van der Waals surface area (Å²) in [5.41, 5.74) is -0.357.